The third kappa shape index (κ3) is 7.31. The fourth-order valence-electron chi connectivity index (χ4n) is 12.5. The summed E-state index contributed by atoms with van der Waals surface area (Å²) in [7, 11) is 0. The highest BCUT2D eigenvalue weighted by Crippen LogP contribution is 2.61. The standard InChI is InChI=1S/C75H51N/c1-6-25-52(26-7-1)53-45-47-56(48-46-53)61-50-49-59(51-68(61)55-29-10-3-11-30-55)76(71-44-24-43-70-73(71)67-41-22-23-42-69(67)75(70,57-31-12-4-13-32-57)58-33-14-5-15-34-58)74-66-40-21-18-37-63(66)62-36-17-20-39-65(62)72(74)64-38-19-16-35-60(64)54-27-8-2-9-28-54/h1-51H. The number of anilines is 3. The molecule has 0 spiro atoms. The smallest absolute Gasteiger partial charge is 0.0714 e. The molecular formula is C75H51N. The summed E-state index contributed by atoms with van der Waals surface area (Å²) in [4.78, 5) is 2.63. The Labute approximate surface area is 444 Å². The van der Waals surface area contributed by atoms with E-state index in [-0.39, 0.29) is 0 Å². The first-order chi connectivity index (χ1) is 37.8. The van der Waals surface area contributed by atoms with Crippen molar-refractivity contribution in [2.45, 2.75) is 5.41 Å². The third-order valence-electron chi connectivity index (χ3n) is 15.8. The van der Waals surface area contributed by atoms with Crippen molar-refractivity contribution in [1.29, 1.82) is 0 Å². The van der Waals surface area contributed by atoms with Crippen molar-refractivity contribution in [3.8, 4) is 66.8 Å². The predicted octanol–water partition coefficient (Wildman–Crippen LogP) is 20.2. The third-order valence-corrected chi connectivity index (χ3v) is 15.8. The quantitative estimate of drug-likeness (QED) is 0.123. The fraction of sp³-hybridized carbons (Fsp3) is 0.0133. The highest BCUT2D eigenvalue weighted by atomic mass is 15.2. The molecule has 0 unspecified atom stereocenters. The van der Waals surface area contributed by atoms with Gasteiger partial charge in [-0.05, 0) is 112 Å². The van der Waals surface area contributed by atoms with Crippen LogP contribution in [-0.4, -0.2) is 0 Å². The largest absolute Gasteiger partial charge is 0.309 e. The van der Waals surface area contributed by atoms with Gasteiger partial charge in [0.2, 0.25) is 0 Å². The van der Waals surface area contributed by atoms with Gasteiger partial charge < -0.3 is 4.90 Å². The SMILES string of the molecule is c1ccc(-c2ccc(-c3ccc(N(c4cccc5c4-c4ccccc4C5(c4ccccc4)c4ccccc4)c4c(-c5ccccc5-c5ccccc5)c5ccccc5c5ccccc45)cc3-c3ccccc3)cc2)cc1. The van der Waals surface area contributed by atoms with E-state index < -0.39 is 5.41 Å². The van der Waals surface area contributed by atoms with Crippen LogP contribution in [0.15, 0.2) is 309 Å². The van der Waals surface area contributed by atoms with Gasteiger partial charge in [0.1, 0.15) is 0 Å². The van der Waals surface area contributed by atoms with Crippen LogP contribution in [0.5, 0.6) is 0 Å². The summed E-state index contributed by atoms with van der Waals surface area (Å²) in [5.41, 5.74) is 21.9. The minimum Gasteiger partial charge on any atom is -0.309 e. The van der Waals surface area contributed by atoms with Crippen LogP contribution in [0.4, 0.5) is 17.1 Å². The topological polar surface area (TPSA) is 3.24 Å². The Morgan fingerprint density at radius 3 is 1.29 bits per heavy atom. The average Bonchev–Trinajstić information content (AvgIpc) is 3.91. The van der Waals surface area contributed by atoms with E-state index in [0.29, 0.717) is 0 Å². The zero-order valence-corrected chi connectivity index (χ0v) is 41.9. The average molecular weight is 966 g/mol. The summed E-state index contributed by atoms with van der Waals surface area (Å²) in [5, 5.41) is 4.78. The molecule has 14 rings (SSSR count). The number of rotatable bonds is 10. The Morgan fingerprint density at radius 2 is 0.658 bits per heavy atom. The Morgan fingerprint density at radius 1 is 0.237 bits per heavy atom. The maximum absolute atomic E-state index is 2.63. The highest BCUT2D eigenvalue weighted by Gasteiger charge is 2.47. The number of fused-ring (bicyclic) bond motifs is 6. The predicted molar refractivity (Wildman–Crippen MR) is 321 cm³/mol. The summed E-state index contributed by atoms with van der Waals surface area (Å²) >= 11 is 0. The van der Waals surface area contributed by atoms with Crippen LogP contribution in [0.1, 0.15) is 22.3 Å². The monoisotopic (exact) mass is 965 g/mol. The molecule has 0 atom stereocenters. The van der Waals surface area contributed by atoms with Crippen molar-refractivity contribution < 1.29 is 0 Å². The lowest BCUT2D eigenvalue weighted by molar-refractivity contribution is 0.768. The summed E-state index contributed by atoms with van der Waals surface area (Å²) in [6.07, 6.45) is 0. The van der Waals surface area contributed by atoms with E-state index in [1.165, 1.54) is 93.9 Å². The molecular weight excluding hydrogens is 915 g/mol. The van der Waals surface area contributed by atoms with Crippen LogP contribution in [0.3, 0.4) is 0 Å². The second-order valence-corrected chi connectivity index (χ2v) is 19.8. The molecule has 0 N–H and O–H groups in total. The molecule has 76 heavy (non-hydrogen) atoms. The maximum atomic E-state index is 2.63. The molecule has 356 valence electrons. The lowest BCUT2D eigenvalue weighted by Crippen LogP contribution is -2.28. The number of nitrogens with zero attached hydrogens (tertiary/aromatic N) is 1. The molecule has 0 fully saturated rings. The molecule has 0 bridgehead atoms. The first-order valence-electron chi connectivity index (χ1n) is 26.3. The second-order valence-electron chi connectivity index (χ2n) is 19.8. The molecule has 0 aromatic heterocycles. The van der Waals surface area contributed by atoms with Crippen LogP contribution >= 0.6 is 0 Å². The number of hydrogen-bond donors (Lipinski definition) is 0. The normalized spacial score (nSPS) is 12.3. The van der Waals surface area contributed by atoms with Crippen molar-refractivity contribution in [1.82, 2.24) is 0 Å². The van der Waals surface area contributed by atoms with Crippen LogP contribution in [0.2, 0.25) is 0 Å². The fourth-order valence-corrected chi connectivity index (χ4v) is 12.5. The minimum absolute atomic E-state index is 0.602. The molecule has 1 nitrogen and oxygen atoms in total. The molecule has 0 aliphatic heterocycles. The molecule has 1 heteroatoms. The molecule has 0 saturated heterocycles. The van der Waals surface area contributed by atoms with E-state index in [1.54, 1.807) is 0 Å². The van der Waals surface area contributed by atoms with Crippen molar-refractivity contribution in [3.05, 3.63) is 332 Å². The summed E-state index contributed by atoms with van der Waals surface area (Å²) in [6.45, 7) is 0. The first kappa shape index (κ1) is 44.8. The second kappa shape index (κ2) is 18.9. The molecule has 0 heterocycles. The van der Waals surface area contributed by atoms with E-state index >= 15 is 0 Å². The van der Waals surface area contributed by atoms with Gasteiger partial charge in [0.15, 0.2) is 0 Å². The Bertz CT molecular complexity index is 4200. The van der Waals surface area contributed by atoms with Gasteiger partial charge in [-0.1, -0.05) is 291 Å². The molecule has 0 amide bonds. The first-order valence-corrected chi connectivity index (χ1v) is 26.3. The van der Waals surface area contributed by atoms with Crippen molar-refractivity contribution in [2.24, 2.45) is 0 Å². The van der Waals surface area contributed by atoms with Crippen LogP contribution in [-0.2, 0) is 5.41 Å². The number of hydrogen-bond acceptors (Lipinski definition) is 1. The van der Waals surface area contributed by atoms with Gasteiger partial charge in [-0.3, -0.25) is 0 Å². The Balaban J connectivity index is 1.13. The van der Waals surface area contributed by atoms with Gasteiger partial charge in [-0.2, -0.15) is 0 Å². The number of benzene rings is 13. The van der Waals surface area contributed by atoms with E-state index in [1.807, 2.05) is 0 Å². The molecule has 13 aromatic rings. The van der Waals surface area contributed by atoms with Gasteiger partial charge >= 0.3 is 0 Å². The lowest BCUT2D eigenvalue weighted by atomic mass is 9.68. The zero-order chi connectivity index (χ0) is 50.4. The van der Waals surface area contributed by atoms with Crippen LogP contribution in [0, 0.1) is 0 Å². The Hall–Kier alpha value is -9.82. The molecule has 13 aromatic carbocycles. The van der Waals surface area contributed by atoms with Crippen LogP contribution in [0.25, 0.3) is 88.3 Å². The summed E-state index contributed by atoms with van der Waals surface area (Å²) < 4.78 is 0. The Kier molecular flexibility index (Phi) is 11.2. The summed E-state index contributed by atoms with van der Waals surface area (Å²) in [6, 6.07) is 114. The van der Waals surface area contributed by atoms with Gasteiger partial charge in [0, 0.05) is 22.2 Å². The van der Waals surface area contributed by atoms with Crippen molar-refractivity contribution in [3.63, 3.8) is 0 Å². The van der Waals surface area contributed by atoms with Gasteiger partial charge in [-0.25, -0.2) is 0 Å². The van der Waals surface area contributed by atoms with E-state index in [9.17, 15) is 0 Å². The van der Waals surface area contributed by atoms with E-state index in [2.05, 4.69) is 314 Å². The van der Waals surface area contributed by atoms with E-state index in [0.717, 1.165) is 33.8 Å². The summed E-state index contributed by atoms with van der Waals surface area (Å²) in [5.74, 6) is 0. The molecule has 1 aliphatic carbocycles. The molecule has 0 radical (unpaired) electrons. The maximum Gasteiger partial charge on any atom is 0.0714 e. The van der Waals surface area contributed by atoms with Crippen molar-refractivity contribution in [2.75, 3.05) is 4.90 Å². The van der Waals surface area contributed by atoms with Gasteiger partial charge in [0.25, 0.3) is 0 Å². The molecule has 1 aliphatic rings. The van der Waals surface area contributed by atoms with Crippen molar-refractivity contribution >= 4 is 38.6 Å². The lowest BCUT2D eigenvalue weighted by Gasteiger charge is -2.35. The van der Waals surface area contributed by atoms with Gasteiger partial charge in [0.05, 0.1) is 16.8 Å². The minimum atomic E-state index is -0.602. The highest BCUT2D eigenvalue weighted by molar-refractivity contribution is 6.24. The zero-order valence-electron chi connectivity index (χ0n) is 41.9. The van der Waals surface area contributed by atoms with Gasteiger partial charge in [-0.15, -0.1) is 0 Å². The van der Waals surface area contributed by atoms with E-state index in [4.69, 9.17) is 0 Å². The van der Waals surface area contributed by atoms with Crippen LogP contribution < -0.4 is 4.90 Å². The molecule has 0 saturated carbocycles.